The molecule has 0 radical (unpaired) electrons. The van der Waals surface area contributed by atoms with Gasteiger partial charge in [-0.25, -0.2) is 0 Å². The molecule has 0 fully saturated rings. The lowest BCUT2D eigenvalue weighted by atomic mass is 10.0. The summed E-state index contributed by atoms with van der Waals surface area (Å²) in [5, 5.41) is 13.1. The number of nitriles is 1. The number of ether oxygens (including phenoxy) is 3. The fourth-order valence-electron chi connectivity index (χ4n) is 3.57. The third-order valence-corrected chi connectivity index (χ3v) is 5.65. The average Bonchev–Trinajstić information content (AvgIpc) is 2.91. The summed E-state index contributed by atoms with van der Waals surface area (Å²) in [7, 11) is 1.59. The van der Waals surface area contributed by atoms with Crippen LogP contribution < -0.4 is 19.5 Å². The zero-order valence-corrected chi connectivity index (χ0v) is 21.7. The number of rotatable bonds is 12. The third kappa shape index (κ3) is 7.89. The molecule has 0 saturated heterocycles. The topological polar surface area (TPSA) is 80.6 Å². The molecule has 37 heavy (non-hydrogen) atoms. The molecule has 3 aromatic carbocycles. The van der Waals surface area contributed by atoms with Crippen molar-refractivity contribution in [3.8, 4) is 23.3 Å². The minimum Gasteiger partial charge on any atom is -0.497 e. The van der Waals surface area contributed by atoms with Crippen LogP contribution in [0.15, 0.2) is 78.9 Å². The number of nitrogens with one attached hydrogen (secondary N) is 1. The highest BCUT2D eigenvalue weighted by Crippen LogP contribution is 2.35. The summed E-state index contributed by atoms with van der Waals surface area (Å²) >= 11 is 5.98. The maximum Gasteiger partial charge on any atom is 0.262 e. The number of methoxy groups -OCH3 is 1. The monoisotopic (exact) mass is 516 g/mol. The summed E-state index contributed by atoms with van der Waals surface area (Å²) in [5.74, 6) is 1.38. The third-order valence-electron chi connectivity index (χ3n) is 5.40. The first-order valence-corrected chi connectivity index (χ1v) is 12.2. The van der Waals surface area contributed by atoms with Gasteiger partial charge in [0.05, 0.1) is 13.7 Å². The zero-order chi connectivity index (χ0) is 26.6. The van der Waals surface area contributed by atoms with Gasteiger partial charge in [-0.1, -0.05) is 41.9 Å². The number of benzene rings is 3. The number of halogens is 1. The second-order valence-electron chi connectivity index (χ2n) is 8.05. The van der Waals surface area contributed by atoms with E-state index in [1.165, 1.54) is 0 Å². The number of carbonyl (C=O) groups excluding carboxylic acids is 1. The van der Waals surface area contributed by atoms with Crippen LogP contribution in [0.5, 0.6) is 17.2 Å². The number of carbonyl (C=O) groups is 1. The fraction of sp³-hybridized carbons (Fsp3) is 0.200. The van der Waals surface area contributed by atoms with Gasteiger partial charge in [-0.05, 0) is 72.5 Å². The summed E-state index contributed by atoms with van der Waals surface area (Å²) in [6.07, 6.45) is 3.82. The summed E-state index contributed by atoms with van der Waals surface area (Å²) in [6, 6.07) is 20.4. The molecule has 190 valence electrons. The molecule has 0 saturated carbocycles. The Kier molecular flexibility index (Phi) is 10.2. The molecule has 0 unspecified atom stereocenters. The van der Waals surface area contributed by atoms with Crippen molar-refractivity contribution >= 4 is 23.6 Å². The average molecular weight is 517 g/mol. The van der Waals surface area contributed by atoms with Gasteiger partial charge >= 0.3 is 0 Å². The minimum atomic E-state index is -0.468. The van der Waals surface area contributed by atoms with Crippen LogP contribution in [0.3, 0.4) is 0 Å². The maximum atomic E-state index is 12.7. The highest BCUT2D eigenvalue weighted by Gasteiger charge is 2.15. The molecule has 7 heteroatoms. The Bertz CT molecular complexity index is 1290. The zero-order valence-electron chi connectivity index (χ0n) is 20.9. The molecule has 3 aromatic rings. The summed E-state index contributed by atoms with van der Waals surface area (Å²) in [6.45, 7) is 6.76. The lowest BCUT2D eigenvalue weighted by Crippen LogP contribution is -2.23. The summed E-state index contributed by atoms with van der Waals surface area (Å²) in [4.78, 5) is 12.7. The molecule has 0 aliphatic carbocycles. The Labute approximate surface area is 222 Å². The first kappa shape index (κ1) is 27.4. The van der Waals surface area contributed by atoms with Crippen molar-refractivity contribution in [2.45, 2.75) is 26.5 Å². The summed E-state index contributed by atoms with van der Waals surface area (Å²) in [5.41, 5.74) is 3.31. The second-order valence-corrected chi connectivity index (χ2v) is 8.49. The molecular weight excluding hydrogens is 488 g/mol. The Morgan fingerprint density at radius 3 is 2.41 bits per heavy atom. The van der Waals surface area contributed by atoms with Crippen molar-refractivity contribution in [2.24, 2.45) is 0 Å². The van der Waals surface area contributed by atoms with Crippen LogP contribution in [0, 0.1) is 11.3 Å². The maximum absolute atomic E-state index is 12.7. The number of amides is 1. The molecule has 0 spiro atoms. The van der Waals surface area contributed by atoms with Gasteiger partial charge in [-0.15, -0.1) is 6.58 Å². The van der Waals surface area contributed by atoms with Crippen LogP contribution >= 0.6 is 11.6 Å². The van der Waals surface area contributed by atoms with E-state index in [9.17, 15) is 10.1 Å². The fourth-order valence-corrected chi connectivity index (χ4v) is 3.70. The Morgan fingerprint density at radius 1 is 1.08 bits per heavy atom. The lowest BCUT2D eigenvalue weighted by molar-refractivity contribution is -0.117. The number of nitrogens with zero attached hydrogens (tertiary/aromatic N) is 1. The highest BCUT2D eigenvalue weighted by atomic mass is 35.5. The van der Waals surface area contributed by atoms with E-state index in [1.807, 2.05) is 67.6 Å². The van der Waals surface area contributed by atoms with Crippen LogP contribution in [-0.2, 0) is 24.4 Å². The van der Waals surface area contributed by atoms with Crippen molar-refractivity contribution in [3.63, 3.8) is 0 Å². The standard InChI is InChI=1S/C30H29ClN2O4/c1-4-6-24-15-23(16-25(18-32)30(34)33-19-21-9-13-27(35-3)14-10-21)17-28(36-5-2)29(24)37-20-22-7-11-26(31)12-8-22/h4,7-17H,1,5-6,19-20H2,2-3H3,(H,33,34)/b25-16-. The van der Waals surface area contributed by atoms with E-state index in [-0.39, 0.29) is 12.1 Å². The van der Waals surface area contributed by atoms with Gasteiger partial charge in [0.2, 0.25) is 0 Å². The normalized spacial score (nSPS) is 10.8. The SMILES string of the molecule is C=CCc1cc(/C=C(/C#N)C(=O)NCc2ccc(OC)cc2)cc(OCC)c1OCc1ccc(Cl)cc1. The predicted molar refractivity (Wildman–Crippen MR) is 146 cm³/mol. The molecule has 0 bridgehead atoms. The van der Waals surface area contributed by atoms with E-state index in [4.69, 9.17) is 25.8 Å². The van der Waals surface area contributed by atoms with E-state index in [1.54, 1.807) is 25.3 Å². The van der Waals surface area contributed by atoms with Crippen molar-refractivity contribution in [2.75, 3.05) is 13.7 Å². The smallest absolute Gasteiger partial charge is 0.262 e. The van der Waals surface area contributed by atoms with Gasteiger partial charge in [0, 0.05) is 17.1 Å². The van der Waals surface area contributed by atoms with Crippen LogP contribution in [0.25, 0.3) is 6.08 Å². The molecule has 0 aliphatic heterocycles. The Morgan fingerprint density at radius 2 is 1.78 bits per heavy atom. The van der Waals surface area contributed by atoms with Gasteiger partial charge in [0.15, 0.2) is 11.5 Å². The molecule has 0 aromatic heterocycles. The van der Waals surface area contributed by atoms with E-state index >= 15 is 0 Å². The summed E-state index contributed by atoms with van der Waals surface area (Å²) < 4.78 is 17.2. The van der Waals surface area contributed by atoms with Gasteiger partial charge < -0.3 is 19.5 Å². The van der Waals surface area contributed by atoms with Gasteiger partial charge in [0.1, 0.15) is 24.0 Å². The molecule has 0 aliphatic rings. The Hall–Kier alpha value is -4.21. The van der Waals surface area contributed by atoms with Gasteiger partial charge in [0.25, 0.3) is 5.91 Å². The molecule has 1 amide bonds. The van der Waals surface area contributed by atoms with Gasteiger partial charge in [-0.2, -0.15) is 5.26 Å². The molecule has 1 N–H and O–H groups in total. The number of hydrogen-bond acceptors (Lipinski definition) is 5. The van der Waals surface area contributed by atoms with E-state index < -0.39 is 5.91 Å². The highest BCUT2D eigenvalue weighted by molar-refractivity contribution is 6.30. The van der Waals surface area contributed by atoms with Crippen molar-refractivity contribution < 1.29 is 19.0 Å². The molecule has 3 rings (SSSR count). The minimum absolute atomic E-state index is 0.0182. The van der Waals surface area contributed by atoms with Crippen molar-refractivity contribution in [1.29, 1.82) is 5.26 Å². The number of hydrogen-bond donors (Lipinski definition) is 1. The van der Waals surface area contributed by atoms with Gasteiger partial charge in [-0.3, -0.25) is 4.79 Å². The molecule has 0 atom stereocenters. The first-order chi connectivity index (χ1) is 18.0. The van der Waals surface area contributed by atoms with Crippen LogP contribution in [-0.4, -0.2) is 19.6 Å². The second kappa shape index (κ2) is 13.8. The van der Waals surface area contributed by atoms with Crippen molar-refractivity contribution in [3.05, 3.63) is 106 Å². The largest absolute Gasteiger partial charge is 0.497 e. The Balaban J connectivity index is 1.83. The van der Waals surface area contributed by atoms with Crippen LogP contribution in [0.4, 0.5) is 0 Å². The number of allylic oxidation sites excluding steroid dienone is 1. The molecule has 0 heterocycles. The predicted octanol–water partition coefficient (Wildman–Crippen LogP) is 6.28. The first-order valence-electron chi connectivity index (χ1n) is 11.8. The quantitative estimate of drug-likeness (QED) is 0.174. The molecule has 6 nitrogen and oxygen atoms in total. The van der Waals surface area contributed by atoms with Crippen LogP contribution in [0.1, 0.15) is 29.2 Å². The van der Waals surface area contributed by atoms with Crippen molar-refractivity contribution in [1.82, 2.24) is 5.32 Å². The molecular formula is C30H29ClN2O4. The van der Waals surface area contributed by atoms with E-state index in [0.29, 0.717) is 41.7 Å². The van der Waals surface area contributed by atoms with Crippen LogP contribution in [0.2, 0.25) is 5.02 Å². The van der Waals surface area contributed by atoms with E-state index in [2.05, 4.69) is 11.9 Å². The van der Waals surface area contributed by atoms with E-state index in [0.717, 1.165) is 22.4 Å². The lowest BCUT2D eigenvalue weighted by Gasteiger charge is -2.17.